The molecule has 0 unspecified atom stereocenters. The van der Waals surface area contributed by atoms with Gasteiger partial charge in [-0.15, -0.1) is 0 Å². The first-order valence-electron chi connectivity index (χ1n) is 9.77. The number of amides is 2. The number of alkyl halides is 3. The van der Waals surface area contributed by atoms with E-state index in [4.69, 9.17) is 17.3 Å². The number of aryl methyl sites for hydroxylation is 1. The third kappa shape index (κ3) is 4.11. The molecule has 1 aliphatic rings. The van der Waals surface area contributed by atoms with Gasteiger partial charge in [0, 0.05) is 18.4 Å². The Bertz CT molecular complexity index is 1270. The SMILES string of the molecule is Cc1cc(N)ncc1C(=O)Nc1cnn2c1C(=O)N(c1ccc(C(F)(F)F)c(Cl)c1)C[C@@H]2C. The van der Waals surface area contributed by atoms with Crippen molar-refractivity contribution in [3.63, 3.8) is 0 Å². The van der Waals surface area contributed by atoms with Crippen molar-refractivity contribution < 1.29 is 22.8 Å². The van der Waals surface area contributed by atoms with Gasteiger partial charge in [-0.3, -0.25) is 14.3 Å². The summed E-state index contributed by atoms with van der Waals surface area (Å²) in [6, 6.07) is 4.35. The lowest BCUT2D eigenvalue weighted by Crippen LogP contribution is -2.43. The van der Waals surface area contributed by atoms with E-state index in [0.29, 0.717) is 5.56 Å². The maximum absolute atomic E-state index is 13.3. The van der Waals surface area contributed by atoms with Crippen molar-refractivity contribution in [3.05, 3.63) is 64.1 Å². The van der Waals surface area contributed by atoms with Crippen LogP contribution in [0.25, 0.3) is 0 Å². The Morgan fingerprint density at radius 1 is 1.27 bits per heavy atom. The van der Waals surface area contributed by atoms with Crippen LogP contribution in [0.4, 0.5) is 30.4 Å². The zero-order valence-electron chi connectivity index (χ0n) is 17.4. The molecule has 0 bridgehead atoms. The molecule has 0 radical (unpaired) electrons. The fourth-order valence-electron chi connectivity index (χ4n) is 3.68. The van der Waals surface area contributed by atoms with Gasteiger partial charge in [-0.1, -0.05) is 11.6 Å². The van der Waals surface area contributed by atoms with Gasteiger partial charge >= 0.3 is 6.18 Å². The molecule has 0 aliphatic carbocycles. The summed E-state index contributed by atoms with van der Waals surface area (Å²) in [6.45, 7) is 3.65. The summed E-state index contributed by atoms with van der Waals surface area (Å²) in [5, 5.41) is 6.36. The molecule has 8 nitrogen and oxygen atoms in total. The average Bonchev–Trinajstić information content (AvgIpc) is 3.14. The van der Waals surface area contributed by atoms with Crippen LogP contribution in [-0.2, 0) is 6.18 Å². The van der Waals surface area contributed by atoms with Crippen LogP contribution in [0.15, 0.2) is 36.7 Å². The highest BCUT2D eigenvalue weighted by atomic mass is 35.5. The molecular weight excluding hydrogens is 461 g/mol. The van der Waals surface area contributed by atoms with E-state index in [-0.39, 0.29) is 41.0 Å². The van der Waals surface area contributed by atoms with Crippen LogP contribution in [-0.4, -0.2) is 33.1 Å². The first-order chi connectivity index (χ1) is 15.5. The van der Waals surface area contributed by atoms with E-state index in [2.05, 4.69) is 15.4 Å². The lowest BCUT2D eigenvalue weighted by atomic mass is 10.1. The largest absolute Gasteiger partial charge is 0.417 e. The molecule has 2 aromatic heterocycles. The fourth-order valence-corrected chi connectivity index (χ4v) is 3.96. The number of carbonyl (C=O) groups excluding carboxylic acids is 2. The van der Waals surface area contributed by atoms with Crippen LogP contribution in [0.1, 0.15) is 44.9 Å². The smallest absolute Gasteiger partial charge is 0.384 e. The van der Waals surface area contributed by atoms with Gasteiger partial charge in [0.2, 0.25) is 0 Å². The Morgan fingerprint density at radius 3 is 2.64 bits per heavy atom. The third-order valence-corrected chi connectivity index (χ3v) is 5.61. The minimum absolute atomic E-state index is 0.0965. The monoisotopic (exact) mass is 478 g/mol. The zero-order chi connectivity index (χ0) is 24.1. The molecule has 4 rings (SSSR count). The van der Waals surface area contributed by atoms with Gasteiger partial charge in [0.15, 0.2) is 5.69 Å². The van der Waals surface area contributed by atoms with E-state index in [1.54, 1.807) is 19.9 Å². The van der Waals surface area contributed by atoms with Crippen LogP contribution < -0.4 is 16.0 Å². The van der Waals surface area contributed by atoms with Crippen molar-refractivity contribution in [1.82, 2.24) is 14.8 Å². The number of rotatable bonds is 3. The molecule has 172 valence electrons. The zero-order valence-corrected chi connectivity index (χ0v) is 18.2. The maximum atomic E-state index is 13.3. The number of benzene rings is 1. The second kappa shape index (κ2) is 8.07. The Hall–Kier alpha value is -3.60. The Labute approximate surface area is 191 Å². The van der Waals surface area contributed by atoms with Crippen molar-refractivity contribution in [2.24, 2.45) is 0 Å². The molecule has 0 fully saturated rings. The highest BCUT2D eigenvalue weighted by Crippen LogP contribution is 2.38. The molecule has 33 heavy (non-hydrogen) atoms. The molecule has 1 atom stereocenters. The van der Waals surface area contributed by atoms with Gasteiger partial charge < -0.3 is 16.0 Å². The van der Waals surface area contributed by atoms with Crippen LogP contribution in [0.2, 0.25) is 5.02 Å². The van der Waals surface area contributed by atoms with Crippen LogP contribution in [0.3, 0.4) is 0 Å². The van der Waals surface area contributed by atoms with Crippen molar-refractivity contribution >= 4 is 40.6 Å². The van der Waals surface area contributed by atoms with Crippen molar-refractivity contribution in [1.29, 1.82) is 0 Å². The Kier molecular flexibility index (Phi) is 5.52. The summed E-state index contributed by atoms with van der Waals surface area (Å²) in [7, 11) is 0. The topological polar surface area (TPSA) is 106 Å². The number of fused-ring (bicyclic) bond motifs is 1. The summed E-state index contributed by atoms with van der Waals surface area (Å²) in [5.41, 5.74) is 5.96. The molecule has 2 amide bonds. The molecule has 0 saturated carbocycles. The number of nitrogens with two attached hydrogens (primary N) is 1. The first-order valence-corrected chi connectivity index (χ1v) is 10.1. The lowest BCUT2D eigenvalue weighted by Gasteiger charge is -2.32. The minimum atomic E-state index is -4.61. The van der Waals surface area contributed by atoms with Crippen LogP contribution >= 0.6 is 11.6 Å². The summed E-state index contributed by atoms with van der Waals surface area (Å²) in [5.74, 6) is -0.781. The normalized spacial score (nSPS) is 16.0. The second-order valence-corrected chi connectivity index (χ2v) is 8.06. The predicted octanol–water partition coefficient (Wildman–Crippen LogP) is 4.31. The van der Waals surface area contributed by atoms with Gasteiger partial charge in [-0.25, -0.2) is 4.98 Å². The van der Waals surface area contributed by atoms with Crippen molar-refractivity contribution in [2.45, 2.75) is 26.1 Å². The Balaban J connectivity index is 1.66. The number of aromatic nitrogens is 3. The minimum Gasteiger partial charge on any atom is -0.384 e. The molecule has 0 spiro atoms. The van der Waals surface area contributed by atoms with Crippen LogP contribution in [0.5, 0.6) is 0 Å². The molecule has 12 heteroatoms. The molecular formula is C21H18ClF3N6O2. The van der Waals surface area contributed by atoms with E-state index in [1.807, 2.05) is 0 Å². The fraction of sp³-hybridized carbons (Fsp3) is 0.238. The van der Waals surface area contributed by atoms with Gasteiger partial charge in [0.25, 0.3) is 11.8 Å². The number of halogens is 4. The molecule has 3 N–H and O–H groups in total. The van der Waals surface area contributed by atoms with E-state index in [0.717, 1.165) is 12.1 Å². The van der Waals surface area contributed by atoms with Gasteiger partial charge in [0.05, 0.1) is 34.1 Å². The third-order valence-electron chi connectivity index (χ3n) is 5.30. The number of nitrogen functional groups attached to an aromatic ring is 1. The van der Waals surface area contributed by atoms with E-state index in [1.165, 1.54) is 28.0 Å². The number of pyridine rings is 1. The number of nitrogens with one attached hydrogen (secondary N) is 1. The standard InChI is InChI=1S/C21H18ClF3N6O2/c1-10-5-17(26)27-7-13(10)19(32)29-16-8-28-31-11(2)9-30(20(33)18(16)31)12-3-4-14(15(22)6-12)21(23,24)25/h3-8,11H,9H2,1-2H3,(H2,26,27)(H,29,32)/t11-/m0/s1. The summed E-state index contributed by atoms with van der Waals surface area (Å²) in [6.07, 6.45) is -1.93. The molecule has 1 aliphatic heterocycles. The van der Waals surface area contributed by atoms with Gasteiger partial charge in [-0.2, -0.15) is 18.3 Å². The van der Waals surface area contributed by atoms with Gasteiger partial charge in [-0.05, 0) is 43.7 Å². The second-order valence-electron chi connectivity index (χ2n) is 7.66. The molecule has 1 aromatic carbocycles. The highest BCUT2D eigenvalue weighted by molar-refractivity contribution is 6.31. The van der Waals surface area contributed by atoms with E-state index >= 15 is 0 Å². The first kappa shape index (κ1) is 22.6. The Morgan fingerprint density at radius 2 is 2.00 bits per heavy atom. The van der Waals surface area contributed by atoms with Gasteiger partial charge in [0.1, 0.15) is 5.82 Å². The number of anilines is 3. The quantitative estimate of drug-likeness (QED) is 0.583. The number of carbonyl (C=O) groups is 2. The summed E-state index contributed by atoms with van der Waals surface area (Å²) < 4.78 is 40.6. The van der Waals surface area contributed by atoms with Crippen LogP contribution in [0, 0.1) is 6.92 Å². The average molecular weight is 479 g/mol. The summed E-state index contributed by atoms with van der Waals surface area (Å²) in [4.78, 5) is 31.3. The molecule has 0 saturated heterocycles. The summed E-state index contributed by atoms with van der Waals surface area (Å²) >= 11 is 5.84. The number of nitrogens with zero attached hydrogens (tertiary/aromatic N) is 4. The molecule has 3 heterocycles. The number of hydrogen-bond acceptors (Lipinski definition) is 5. The van der Waals surface area contributed by atoms with E-state index in [9.17, 15) is 22.8 Å². The highest BCUT2D eigenvalue weighted by Gasteiger charge is 2.36. The maximum Gasteiger partial charge on any atom is 0.417 e. The number of hydrogen-bond donors (Lipinski definition) is 2. The predicted molar refractivity (Wildman–Crippen MR) is 116 cm³/mol. The van der Waals surface area contributed by atoms with Crippen molar-refractivity contribution in [3.8, 4) is 0 Å². The molecule has 3 aromatic rings. The lowest BCUT2D eigenvalue weighted by molar-refractivity contribution is -0.137. The van der Waals surface area contributed by atoms with Crippen molar-refractivity contribution in [2.75, 3.05) is 22.5 Å². The van der Waals surface area contributed by atoms with E-state index < -0.39 is 28.6 Å².